The van der Waals surface area contributed by atoms with Gasteiger partial charge in [-0.2, -0.15) is 13.2 Å². The summed E-state index contributed by atoms with van der Waals surface area (Å²) in [6.45, 7) is 0.919. The molecular formula is C23H23F3N4O3. The number of carbonyl (C=O) groups excluding carboxylic acids is 1. The minimum atomic E-state index is -4.46. The van der Waals surface area contributed by atoms with Crippen molar-refractivity contribution in [2.24, 2.45) is 0 Å². The molecule has 33 heavy (non-hydrogen) atoms. The number of nitrogens with zero attached hydrogens (tertiary/aromatic N) is 4. The van der Waals surface area contributed by atoms with E-state index < -0.39 is 11.7 Å². The Labute approximate surface area is 188 Å². The third kappa shape index (κ3) is 4.79. The van der Waals surface area contributed by atoms with Gasteiger partial charge in [0.1, 0.15) is 5.82 Å². The molecule has 0 spiro atoms. The number of amides is 1. The summed E-state index contributed by atoms with van der Waals surface area (Å²) in [5.74, 6) is 1.18. The quantitative estimate of drug-likeness (QED) is 0.535. The minimum Gasteiger partial charge on any atom is -0.493 e. The van der Waals surface area contributed by atoms with Gasteiger partial charge in [-0.25, -0.2) is 0 Å². The van der Waals surface area contributed by atoms with E-state index in [0.717, 1.165) is 17.8 Å². The van der Waals surface area contributed by atoms with Gasteiger partial charge in [-0.3, -0.25) is 9.20 Å². The summed E-state index contributed by atoms with van der Waals surface area (Å²) in [7, 11) is 3.09. The van der Waals surface area contributed by atoms with E-state index >= 15 is 0 Å². The lowest BCUT2D eigenvalue weighted by Crippen LogP contribution is -2.38. The number of hydrogen-bond donors (Lipinski definition) is 0. The summed E-state index contributed by atoms with van der Waals surface area (Å²) in [5, 5.41) is 8.13. The maximum atomic E-state index is 13.1. The molecule has 174 valence electrons. The van der Waals surface area contributed by atoms with E-state index in [1.807, 2.05) is 6.07 Å². The zero-order chi connectivity index (χ0) is 23.6. The Hall–Kier alpha value is -3.56. The molecule has 2 aromatic heterocycles. The van der Waals surface area contributed by atoms with Crippen molar-refractivity contribution in [3.63, 3.8) is 0 Å². The van der Waals surface area contributed by atoms with Crippen LogP contribution >= 0.6 is 0 Å². The summed E-state index contributed by atoms with van der Waals surface area (Å²) in [6.07, 6.45) is 1.15. The molecule has 1 atom stereocenters. The molecule has 4 rings (SSSR count). The van der Waals surface area contributed by atoms with Crippen LogP contribution in [0.1, 0.15) is 35.7 Å². The van der Waals surface area contributed by atoms with Gasteiger partial charge >= 0.3 is 6.18 Å². The van der Waals surface area contributed by atoms with Crippen molar-refractivity contribution in [1.29, 1.82) is 0 Å². The fourth-order valence-corrected chi connectivity index (χ4v) is 3.97. The van der Waals surface area contributed by atoms with Gasteiger partial charge in [0.2, 0.25) is 5.91 Å². The SMILES string of the molecule is COc1ccc(/C=C/C(=O)N2CCCC(c3nnc4ccc(C(F)(F)F)cn34)C2)cc1OC. The molecule has 3 aromatic rings. The number of aromatic nitrogens is 3. The number of ether oxygens (including phenoxy) is 2. The first-order valence-corrected chi connectivity index (χ1v) is 10.4. The predicted octanol–water partition coefficient (Wildman–Crippen LogP) is 4.18. The van der Waals surface area contributed by atoms with Gasteiger partial charge in [-0.15, -0.1) is 10.2 Å². The second-order valence-electron chi connectivity index (χ2n) is 7.77. The largest absolute Gasteiger partial charge is 0.493 e. The van der Waals surface area contributed by atoms with Crippen LogP contribution in [0.15, 0.2) is 42.6 Å². The Morgan fingerprint density at radius 1 is 1.12 bits per heavy atom. The summed E-state index contributed by atoms with van der Waals surface area (Å²) in [6, 6.07) is 7.62. The molecule has 1 unspecified atom stereocenters. The summed E-state index contributed by atoms with van der Waals surface area (Å²) >= 11 is 0. The average molecular weight is 460 g/mol. The van der Waals surface area contributed by atoms with Crippen LogP contribution in [0.5, 0.6) is 11.5 Å². The number of hydrogen-bond acceptors (Lipinski definition) is 5. The number of benzene rings is 1. The van der Waals surface area contributed by atoms with E-state index in [9.17, 15) is 18.0 Å². The van der Waals surface area contributed by atoms with Crippen LogP contribution in [0.25, 0.3) is 11.7 Å². The van der Waals surface area contributed by atoms with Crippen LogP contribution < -0.4 is 9.47 Å². The highest BCUT2D eigenvalue weighted by molar-refractivity contribution is 5.92. The maximum Gasteiger partial charge on any atom is 0.417 e. The molecule has 1 fully saturated rings. The highest BCUT2D eigenvalue weighted by Gasteiger charge is 2.32. The van der Waals surface area contributed by atoms with E-state index in [1.165, 1.54) is 23.7 Å². The molecular weight excluding hydrogens is 437 g/mol. The number of halogens is 3. The molecule has 1 aliphatic rings. The van der Waals surface area contributed by atoms with Crippen LogP contribution in [0.4, 0.5) is 13.2 Å². The Balaban J connectivity index is 1.51. The number of pyridine rings is 1. The lowest BCUT2D eigenvalue weighted by Gasteiger charge is -2.31. The van der Waals surface area contributed by atoms with E-state index in [2.05, 4.69) is 10.2 Å². The highest BCUT2D eigenvalue weighted by Crippen LogP contribution is 2.32. The molecule has 1 aliphatic heterocycles. The topological polar surface area (TPSA) is 69.0 Å². The number of carbonyl (C=O) groups is 1. The standard InChI is InChI=1S/C23H23F3N4O3/c1-32-18-8-5-15(12-19(18)33-2)6-10-21(31)29-11-3-4-16(13-29)22-28-27-20-9-7-17(14-30(20)22)23(24,25)26/h5-10,12,14,16H,3-4,11,13H2,1-2H3/b10-6+. The summed E-state index contributed by atoms with van der Waals surface area (Å²) in [4.78, 5) is 14.5. The van der Waals surface area contributed by atoms with Gasteiger partial charge in [0, 0.05) is 31.3 Å². The summed E-state index contributed by atoms with van der Waals surface area (Å²) < 4.78 is 51.3. The van der Waals surface area contributed by atoms with Gasteiger partial charge in [0.15, 0.2) is 17.1 Å². The van der Waals surface area contributed by atoms with Crippen molar-refractivity contribution >= 4 is 17.6 Å². The smallest absolute Gasteiger partial charge is 0.417 e. The van der Waals surface area contributed by atoms with E-state index in [1.54, 1.807) is 30.2 Å². The fraction of sp³-hybridized carbons (Fsp3) is 0.348. The number of alkyl halides is 3. The molecule has 1 amide bonds. The van der Waals surface area contributed by atoms with Gasteiger partial charge in [0.25, 0.3) is 0 Å². The minimum absolute atomic E-state index is 0.181. The third-order valence-corrected chi connectivity index (χ3v) is 5.68. The molecule has 1 saturated heterocycles. The van der Waals surface area contributed by atoms with E-state index in [-0.39, 0.29) is 11.8 Å². The Bertz CT molecular complexity index is 1190. The maximum absolute atomic E-state index is 13.1. The molecule has 10 heteroatoms. The Morgan fingerprint density at radius 3 is 2.64 bits per heavy atom. The average Bonchev–Trinajstić information content (AvgIpc) is 3.25. The number of rotatable bonds is 5. The van der Waals surface area contributed by atoms with Crippen LogP contribution in [0, 0.1) is 0 Å². The van der Waals surface area contributed by atoms with Gasteiger partial charge in [-0.05, 0) is 48.7 Å². The molecule has 1 aromatic carbocycles. The van der Waals surface area contributed by atoms with Crippen molar-refractivity contribution < 1.29 is 27.4 Å². The second kappa shape index (κ2) is 9.13. The fourth-order valence-electron chi connectivity index (χ4n) is 3.97. The summed E-state index contributed by atoms with van der Waals surface area (Å²) in [5.41, 5.74) is 0.352. The zero-order valence-corrected chi connectivity index (χ0v) is 18.2. The van der Waals surface area contributed by atoms with Crippen molar-refractivity contribution in [1.82, 2.24) is 19.5 Å². The molecule has 0 saturated carbocycles. The van der Waals surface area contributed by atoms with Crippen molar-refractivity contribution in [3.8, 4) is 11.5 Å². The lowest BCUT2D eigenvalue weighted by atomic mass is 9.97. The van der Waals surface area contributed by atoms with Crippen LogP contribution in [0.2, 0.25) is 0 Å². The molecule has 0 radical (unpaired) electrons. The van der Waals surface area contributed by atoms with Crippen LogP contribution in [-0.4, -0.2) is 52.7 Å². The van der Waals surface area contributed by atoms with E-state index in [4.69, 9.17) is 9.47 Å². The number of likely N-dealkylation sites (tertiary alicyclic amines) is 1. The zero-order valence-electron chi connectivity index (χ0n) is 18.2. The highest BCUT2D eigenvalue weighted by atomic mass is 19.4. The lowest BCUT2D eigenvalue weighted by molar-refractivity contribution is -0.137. The Morgan fingerprint density at radius 2 is 1.91 bits per heavy atom. The monoisotopic (exact) mass is 460 g/mol. The van der Waals surface area contributed by atoms with Crippen molar-refractivity contribution in [2.75, 3.05) is 27.3 Å². The van der Waals surface area contributed by atoms with Crippen molar-refractivity contribution in [3.05, 3.63) is 59.6 Å². The molecule has 7 nitrogen and oxygen atoms in total. The third-order valence-electron chi connectivity index (χ3n) is 5.68. The second-order valence-corrected chi connectivity index (χ2v) is 7.77. The molecule has 3 heterocycles. The number of piperidine rings is 1. The molecule has 0 aliphatic carbocycles. The van der Waals surface area contributed by atoms with Crippen LogP contribution in [-0.2, 0) is 11.0 Å². The predicted molar refractivity (Wildman–Crippen MR) is 115 cm³/mol. The number of fused-ring (bicyclic) bond motifs is 1. The molecule has 0 N–H and O–H groups in total. The van der Waals surface area contributed by atoms with Gasteiger partial charge < -0.3 is 14.4 Å². The van der Waals surface area contributed by atoms with Gasteiger partial charge in [0.05, 0.1) is 19.8 Å². The first-order valence-electron chi connectivity index (χ1n) is 10.4. The first kappa shape index (κ1) is 22.6. The molecule has 0 bridgehead atoms. The van der Waals surface area contributed by atoms with Crippen molar-refractivity contribution in [2.45, 2.75) is 24.9 Å². The normalized spacial score (nSPS) is 17.0. The number of methoxy groups -OCH3 is 2. The first-order chi connectivity index (χ1) is 15.8. The van der Waals surface area contributed by atoms with E-state index in [0.29, 0.717) is 48.9 Å². The van der Waals surface area contributed by atoms with Crippen LogP contribution in [0.3, 0.4) is 0 Å². The van der Waals surface area contributed by atoms with Gasteiger partial charge in [-0.1, -0.05) is 6.07 Å². The Kier molecular flexibility index (Phi) is 6.26.